The summed E-state index contributed by atoms with van der Waals surface area (Å²) in [6.07, 6.45) is 6.19. The van der Waals surface area contributed by atoms with Gasteiger partial charge < -0.3 is 0 Å². The number of pyridine rings is 1. The lowest BCUT2D eigenvalue weighted by Gasteiger charge is -2.21. The van der Waals surface area contributed by atoms with Crippen LogP contribution in [0.1, 0.15) is 37.7 Å². The van der Waals surface area contributed by atoms with E-state index in [1.807, 2.05) is 0 Å². The van der Waals surface area contributed by atoms with Gasteiger partial charge in [0.25, 0.3) is 0 Å². The number of benzene rings is 2. The van der Waals surface area contributed by atoms with Gasteiger partial charge in [0.15, 0.2) is 0 Å². The third-order valence-corrected chi connectivity index (χ3v) is 8.05. The molecule has 0 spiro atoms. The molecule has 0 unspecified atom stereocenters. The third kappa shape index (κ3) is 5.61. The Kier molecular flexibility index (Phi) is 7.13. The lowest BCUT2D eigenvalue weighted by atomic mass is 9.91. The van der Waals surface area contributed by atoms with E-state index in [0.29, 0.717) is 38.9 Å². The molecule has 8 heteroatoms. The second-order valence-corrected chi connectivity index (χ2v) is 10.8. The number of aromatic nitrogens is 1. The molecule has 0 amide bonds. The Bertz CT molecular complexity index is 1280. The molecule has 0 radical (unpaired) electrons. The molecule has 4 rings (SSSR count). The number of primary sulfonamides is 1. The van der Waals surface area contributed by atoms with Gasteiger partial charge in [-0.15, -0.1) is 11.8 Å². The van der Waals surface area contributed by atoms with E-state index in [1.165, 1.54) is 56.4 Å². The van der Waals surface area contributed by atoms with Gasteiger partial charge in [-0.3, -0.25) is 0 Å². The normalized spacial score (nSPS) is 14.7. The molecule has 5 nitrogen and oxygen atoms in total. The zero-order valence-electron chi connectivity index (χ0n) is 18.0. The van der Waals surface area contributed by atoms with Crippen molar-refractivity contribution >= 4 is 21.8 Å². The predicted octanol–water partition coefficient (Wildman–Crippen LogP) is 5.75. The quantitative estimate of drug-likeness (QED) is 0.452. The smallest absolute Gasteiger partial charge is 0.238 e. The second kappa shape index (κ2) is 10.0. The SMILES string of the molecule is N#Cc1cc(-c2ccc(S(N)(=O)=O)cc2)c(-c2ccc(F)cc2)nc1SCC1CCCCC1. The fourth-order valence-electron chi connectivity index (χ4n) is 4.11. The summed E-state index contributed by atoms with van der Waals surface area (Å²) in [6.45, 7) is 0. The van der Waals surface area contributed by atoms with Crippen LogP contribution in [0.2, 0.25) is 0 Å². The van der Waals surface area contributed by atoms with Crippen molar-refractivity contribution in [1.29, 1.82) is 5.26 Å². The molecular weight excluding hydrogens is 457 g/mol. The zero-order valence-corrected chi connectivity index (χ0v) is 19.6. The van der Waals surface area contributed by atoms with Crippen LogP contribution < -0.4 is 5.14 Å². The number of hydrogen-bond acceptors (Lipinski definition) is 5. The van der Waals surface area contributed by atoms with Gasteiger partial charge in [0.05, 0.1) is 16.2 Å². The van der Waals surface area contributed by atoms with Crippen LogP contribution in [0.5, 0.6) is 0 Å². The molecule has 3 aromatic rings. The van der Waals surface area contributed by atoms with Crippen molar-refractivity contribution in [3.8, 4) is 28.5 Å². The van der Waals surface area contributed by atoms with Gasteiger partial charge in [0.1, 0.15) is 16.9 Å². The number of nitriles is 1. The van der Waals surface area contributed by atoms with Crippen molar-refractivity contribution in [2.24, 2.45) is 11.1 Å². The minimum atomic E-state index is -3.82. The molecule has 170 valence electrons. The summed E-state index contributed by atoms with van der Waals surface area (Å²) in [5.41, 5.74) is 3.15. The highest BCUT2D eigenvalue weighted by Gasteiger charge is 2.19. The first kappa shape index (κ1) is 23.4. The largest absolute Gasteiger partial charge is 0.239 e. The number of rotatable bonds is 6. The lowest BCUT2D eigenvalue weighted by Crippen LogP contribution is -2.11. The van der Waals surface area contributed by atoms with E-state index in [2.05, 4.69) is 6.07 Å². The summed E-state index contributed by atoms with van der Waals surface area (Å²) in [5, 5.41) is 15.7. The first-order valence-corrected chi connectivity index (χ1v) is 13.4. The van der Waals surface area contributed by atoms with Crippen LogP contribution in [0.25, 0.3) is 22.4 Å². The zero-order chi connectivity index (χ0) is 23.4. The van der Waals surface area contributed by atoms with Crippen molar-refractivity contribution in [2.75, 3.05) is 5.75 Å². The van der Waals surface area contributed by atoms with E-state index in [4.69, 9.17) is 10.1 Å². The van der Waals surface area contributed by atoms with Crippen molar-refractivity contribution in [3.63, 3.8) is 0 Å². The molecule has 0 saturated heterocycles. The van der Waals surface area contributed by atoms with Crippen molar-refractivity contribution in [3.05, 3.63) is 66.0 Å². The van der Waals surface area contributed by atoms with E-state index < -0.39 is 10.0 Å². The minimum Gasteiger partial charge on any atom is -0.239 e. The average molecular weight is 482 g/mol. The molecule has 1 aliphatic carbocycles. The van der Waals surface area contributed by atoms with Crippen LogP contribution in [0.4, 0.5) is 4.39 Å². The molecule has 1 heterocycles. The Morgan fingerprint density at radius 1 is 1.03 bits per heavy atom. The molecule has 1 aliphatic rings. The maximum Gasteiger partial charge on any atom is 0.238 e. The average Bonchev–Trinajstić information content (AvgIpc) is 2.83. The fraction of sp³-hybridized carbons (Fsp3) is 0.280. The summed E-state index contributed by atoms with van der Waals surface area (Å²) in [6, 6.07) is 16.2. The first-order valence-electron chi connectivity index (χ1n) is 10.8. The highest BCUT2D eigenvalue weighted by atomic mass is 32.2. The van der Waals surface area contributed by atoms with Crippen LogP contribution in [-0.2, 0) is 10.0 Å². The highest BCUT2D eigenvalue weighted by molar-refractivity contribution is 7.99. The number of hydrogen-bond donors (Lipinski definition) is 1. The van der Waals surface area contributed by atoms with Crippen LogP contribution >= 0.6 is 11.8 Å². The minimum absolute atomic E-state index is 0.00251. The van der Waals surface area contributed by atoms with E-state index >= 15 is 0 Å². The summed E-state index contributed by atoms with van der Waals surface area (Å²) in [4.78, 5) is 4.85. The number of sulfonamides is 1. The molecule has 1 fully saturated rings. The number of halogens is 1. The van der Waals surface area contributed by atoms with Gasteiger partial charge >= 0.3 is 0 Å². The van der Waals surface area contributed by atoms with Gasteiger partial charge in [-0.25, -0.2) is 22.9 Å². The second-order valence-electron chi connectivity index (χ2n) is 8.24. The Balaban J connectivity index is 1.77. The molecule has 0 atom stereocenters. The highest BCUT2D eigenvalue weighted by Crippen LogP contribution is 2.37. The Hall–Kier alpha value is -2.73. The van der Waals surface area contributed by atoms with Crippen molar-refractivity contribution < 1.29 is 12.8 Å². The molecule has 1 aromatic heterocycles. The Morgan fingerprint density at radius 3 is 2.27 bits per heavy atom. The van der Waals surface area contributed by atoms with Gasteiger partial charge in [-0.2, -0.15) is 5.26 Å². The topological polar surface area (TPSA) is 96.8 Å². The molecule has 2 aromatic carbocycles. The Labute approximate surface area is 197 Å². The summed E-state index contributed by atoms with van der Waals surface area (Å²) in [5.74, 6) is 1.18. The monoisotopic (exact) mass is 481 g/mol. The molecule has 2 N–H and O–H groups in total. The summed E-state index contributed by atoms with van der Waals surface area (Å²) in [7, 11) is -3.82. The third-order valence-electron chi connectivity index (χ3n) is 5.90. The number of nitrogens with zero attached hydrogens (tertiary/aromatic N) is 2. The van der Waals surface area contributed by atoms with E-state index in [0.717, 1.165) is 5.75 Å². The molecule has 0 aliphatic heterocycles. The maximum atomic E-state index is 13.6. The molecule has 0 bridgehead atoms. The first-order chi connectivity index (χ1) is 15.8. The Morgan fingerprint density at radius 2 is 1.67 bits per heavy atom. The molecule has 1 saturated carbocycles. The van der Waals surface area contributed by atoms with Gasteiger partial charge in [-0.1, -0.05) is 31.4 Å². The van der Waals surface area contributed by atoms with E-state index in [9.17, 15) is 18.1 Å². The molecule has 33 heavy (non-hydrogen) atoms. The van der Waals surface area contributed by atoms with Crippen molar-refractivity contribution in [1.82, 2.24) is 4.98 Å². The summed E-state index contributed by atoms with van der Waals surface area (Å²) < 4.78 is 36.8. The lowest BCUT2D eigenvalue weighted by molar-refractivity contribution is 0.391. The predicted molar refractivity (Wildman–Crippen MR) is 128 cm³/mol. The summed E-state index contributed by atoms with van der Waals surface area (Å²) >= 11 is 1.60. The van der Waals surface area contributed by atoms with Crippen LogP contribution in [-0.4, -0.2) is 19.2 Å². The van der Waals surface area contributed by atoms with Crippen LogP contribution in [0.15, 0.2) is 64.5 Å². The van der Waals surface area contributed by atoms with Crippen LogP contribution in [0, 0.1) is 23.1 Å². The molecular formula is C25H24FN3O2S2. The standard InChI is InChI=1S/C25H24FN3O2S2/c26-21-10-6-19(7-11-21)24-23(18-8-12-22(13-9-18)33(28,30)31)14-20(15-27)25(29-24)32-16-17-4-2-1-3-5-17/h6-14,17H,1-5,16H2,(H2,28,30,31). The number of nitrogens with two attached hydrogens (primary N) is 1. The van der Waals surface area contributed by atoms with Crippen molar-refractivity contribution in [2.45, 2.75) is 42.0 Å². The number of thioether (sulfide) groups is 1. The van der Waals surface area contributed by atoms with Gasteiger partial charge in [0, 0.05) is 16.9 Å². The van der Waals surface area contributed by atoms with Gasteiger partial charge in [0.2, 0.25) is 10.0 Å². The van der Waals surface area contributed by atoms with E-state index in [-0.39, 0.29) is 10.7 Å². The van der Waals surface area contributed by atoms with Crippen LogP contribution in [0.3, 0.4) is 0 Å². The van der Waals surface area contributed by atoms with E-state index in [1.54, 1.807) is 42.1 Å². The fourth-order valence-corrected chi connectivity index (χ4v) is 5.77. The maximum absolute atomic E-state index is 13.6. The van der Waals surface area contributed by atoms with Gasteiger partial charge in [-0.05, 0) is 66.8 Å².